The van der Waals surface area contributed by atoms with E-state index in [-0.39, 0.29) is 13.2 Å². The highest BCUT2D eigenvalue weighted by Crippen LogP contribution is 2.33. The van der Waals surface area contributed by atoms with Crippen LogP contribution < -0.4 is 0 Å². The van der Waals surface area contributed by atoms with Crippen LogP contribution in [0.25, 0.3) is 0 Å². The lowest BCUT2D eigenvalue weighted by molar-refractivity contribution is -0.173. The van der Waals surface area contributed by atoms with E-state index in [0.29, 0.717) is 12.8 Å². The number of hydrogen-bond acceptors (Lipinski definition) is 4. The Labute approximate surface area is 142 Å². The molecule has 0 atom stereocenters. The topological polar surface area (TPSA) is 52.6 Å². The molecule has 4 heteroatoms. The van der Waals surface area contributed by atoms with Crippen LogP contribution in [0.3, 0.4) is 0 Å². The molecule has 0 heterocycles. The second-order valence-corrected chi connectivity index (χ2v) is 6.10. The Morgan fingerprint density at radius 3 is 1.52 bits per heavy atom. The molecular weight excluding hydrogens is 292 g/mol. The van der Waals surface area contributed by atoms with Gasteiger partial charge in [-0.3, -0.25) is 9.59 Å². The van der Waals surface area contributed by atoms with Crippen molar-refractivity contribution in [2.45, 2.75) is 91.9 Å². The number of rotatable bonds is 14. The summed E-state index contributed by atoms with van der Waals surface area (Å²) in [4.78, 5) is 24.7. The third-order valence-electron chi connectivity index (χ3n) is 4.39. The molecule has 0 radical (unpaired) electrons. The van der Waals surface area contributed by atoms with Crippen molar-refractivity contribution < 1.29 is 19.1 Å². The van der Waals surface area contributed by atoms with Gasteiger partial charge in [0, 0.05) is 0 Å². The molecule has 0 saturated carbocycles. The molecule has 0 aliphatic rings. The van der Waals surface area contributed by atoms with Gasteiger partial charge in [-0.05, 0) is 26.7 Å². The largest absolute Gasteiger partial charge is 0.465 e. The van der Waals surface area contributed by atoms with Crippen molar-refractivity contribution in [3.05, 3.63) is 0 Å². The van der Waals surface area contributed by atoms with Crippen molar-refractivity contribution in [1.29, 1.82) is 0 Å². The van der Waals surface area contributed by atoms with Gasteiger partial charge in [-0.25, -0.2) is 0 Å². The van der Waals surface area contributed by atoms with E-state index in [1.807, 2.05) is 6.92 Å². The molecule has 0 aliphatic carbocycles. The molecule has 0 fully saturated rings. The summed E-state index contributed by atoms with van der Waals surface area (Å²) in [5, 5.41) is 0. The van der Waals surface area contributed by atoms with E-state index in [1.54, 1.807) is 13.8 Å². The molecular formula is C19H36O4. The number of esters is 2. The molecule has 0 aromatic carbocycles. The number of carbonyl (C=O) groups is 2. The van der Waals surface area contributed by atoms with Crippen LogP contribution in [-0.2, 0) is 19.1 Å². The molecule has 0 spiro atoms. The van der Waals surface area contributed by atoms with Gasteiger partial charge in [-0.1, -0.05) is 65.2 Å². The number of carbonyl (C=O) groups excluding carboxylic acids is 2. The molecule has 0 N–H and O–H groups in total. The maximum atomic E-state index is 12.3. The third-order valence-corrected chi connectivity index (χ3v) is 4.39. The van der Waals surface area contributed by atoms with Gasteiger partial charge in [0.15, 0.2) is 5.41 Å². The molecule has 136 valence electrons. The van der Waals surface area contributed by atoms with E-state index in [0.717, 1.165) is 19.3 Å². The molecule has 0 aromatic rings. The van der Waals surface area contributed by atoms with Crippen LogP contribution in [-0.4, -0.2) is 25.2 Å². The van der Waals surface area contributed by atoms with E-state index in [9.17, 15) is 9.59 Å². The zero-order valence-electron chi connectivity index (χ0n) is 15.6. The normalized spacial score (nSPS) is 11.3. The molecule has 0 saturated heterocycles. The van der Waals surface area contributed by atoms with Crippen LogP contribution in [0.5, 0.6) is 0 Å². The Hall–Kier alpha value is -1.06. The molecule has 0 aromatic heterocycles. The van der Waals surface area contributed by atoms with E-state index >= 15 is 0 Å². The van der Waals surface area contributed by atoms with Gasteiger partial charge in [-0.2, -0.15) is 0 Å². The van der Waals surface area contributed by atoms with Gasteiger partial charge in [0.05, 0.1) is 13.2 Å². The monoisotopic (exact) mass is 328 g/mol. The Morgan fingerprint density at radius 1 is 0.696 bits per heavy atom. The molecule has 23 heavy (non-hydrogen) atoms. The maximum Gasteiger partial charge on any atom is 0.323 e. The van der Waals surface area contributed by atoms with E-state index in [1.165, 1.54) is 32.1 Å². The summed E-state index contributed by atoms with van der Waals surface area (Å²) in [5.41, 5.74) is -1.12. The molecule has 4 nitrogen and oxygen atoms in total. The Morgan fingerprint density at radius 2 is 1.13 bits per heavy atom. The highest BCUT2D eigenvalue weighted by atomic mass is 16.6. The summed E-state index contributed by atoms with van der Waals surface area (Å²) in [6.07, 6.45) is 10.4. The lowest BCUT2D eigenvalue weighted by Crippen LogP contribution is -2.41. The summed E-state index contributed by atoms with van der Waals surface area (Å²) < 4.78 is 10.3. The van der Waals surface area contributed by atoms with Crippen LogP contribution in [0.4, 0.5) is 0 Å². The third kappa shape index (κ3) is 7.85. The van der Waals surface area contributed by atoms with E-state index in [4.69, 9.17) is 9.47 Å². The predicted molar refractivity (Wildman–Crippen MR) is 93.2 cm³/mol. The van der Waals surface area contributed by atoms with Gasteiger partial charge in [0.2, 0.25) is 0 Å². The molecule has 0 aliphatic heterocycles. The first kappa shape index (κ1) is 21.9. The summed E-state index contributed by atoms with van der Waals surface area (Å²) in [6, 6.07) is 0. The minimum atomic E-state index is -1.12. The maximum absolute atomic E-state index is 12.3. The van der Waals surface area contributed by atoms with Crippen molar-refractivity contribution in [1.82, 2.24) is 0 Å². The first-order valence-corrected chi connectivity index (χ1v) is 9.43. The number of unbranched alkanes of at least 4 members (excludes halogenated alkanes) is 7. The van der Waals surface area contributed by atoms with Crippen molar-refractivity contribution in [3.63, 3.8) is 0 Å². The molecule has 0 unspecified atom stereocenters. The minimum Gasteiger partial charge on any atom is -0.465 e. The van der Waals surface area contributed by atoms with Crippen LogP contribution in [0.1, 0.15) is 91.9 Å². The SMILES string of the molecule is CCCCCCCCCCC(CC)(C(=O)OCC)C(=O)OCC. The van der Waals surface area contributed by atoms with Crippen molar-refractivity contribution >= 4 is 11.9 Å². The number of hydrogen-bond donors (Lipinski definition) is 0. The quantitative estimate of drug-likeness (QED) is 0.255. The summed E-state index contributed by atoms with van der Waals surface area (Å²) in [6.45, 7) is 8.18. The van der Waals surface area contributed by atoms with Gasteiger partial charge in [0.25, 0.3) is 0 Å². The van der Waals surface area contributed by atoms with Crippen LogP contribution in [0.2, 0.25) is 0 Å². The van der Waals surface area contributed by atoms with Gasteiger partial charge in [-0.15, -0.1) is 0 Å². The zero-order valence-corrected chi connectivity index (χ0v) is 15.6. The fraction of sp³-hybridized carbons (Fsp3) is 0.895. The highest BCUT2D eigenvalue weighted by Gasteiger charge is 2.46. The van der Waals surface area contributed by atoms with Gasteiger partial charge in [0.1, 0.15) is 0 Å². The zero-order chi connectivity index (χ0) is 17.6. The summed E-state index contributed by atoms with van der Waals surface area (Å²) in [7, 11) is 0. The summed E-state index contributed by atoms with van der Waals surface area (Å²) in [5.74, 6) is -0.854. The van der Waals surface area contributed by atoms with Crippen molar-refractivity contribution in [3.8, 4) is 0 Å². The molecule has 0 rings (SSSR count). The second kappa shape index (κ2) is 13.4. The average Bonchev–Trinajstić information content (AvgIpc) is 2.54. The highest BCUT2D eigenvalue weighted by molar-refractivity contribution is 6.00. The van der Waals surface area contributed by atoms with E-state index in [2.05, 4.69) is 6.92 Å². The predicted octanol–water partition coefficient (Wildman–Crippen LogP) is 5.04. The Kier molecular flexibility index (Phi) is 12.8. The Balaban J connectivity index is 4.41. The summed E-state index contributed by atoms with van der Waals surface area (Å²) >= 11 is 0. The molecule has 0 bridgehead atoms. The lowest BCUT2D eigenvalue weighted by Gasteiger charge is -2.27. The first-order valence-electron chi connectivity index (χ1n) is 9.43. The fourth-order valence-corrected chi connectivity index (χ4v) is 2.85. The minimum absolute atomic E-state index is 0.289. The van der Waals surface area contributed by atoms with Crippen molar-refractivity contribution in [2.24, 2.45) is 5.41 Å². The van der Waals surface area contributed by atoms with E-state index < -0.39 is 17.4 Å². The lowest BCUT2D eigenvalue weighted by atomic mass is 9.80. The van der Waals surface area contributed by atoms with Gasteiger partial charge >= 0.3 is 11.9 Å². The van der Waals surface area contributed by atoms with Crippen molar-refractivity contribution in [2.75, 3.05) is 13.2 Å². The van der Waals surface area contributed by atoms with Gasteiger partial charge < -0.3 is 9.47 Å². The second-order valence-electron chi connectivity index (χ2n) is 6.10. The number of ether oxygens (including phenoxy) is 2. The van der Waals surface area contributed by atoms with Crippen LogP contribution >= 0.6 is 0 Å². The first-order chi connectivity index (χ1) is 11.1. The fourth-order valence-electron chi connectivity index (χ4n) is 2.85. The Bertz CT molecular complexity index is 307. The smallest absolute Gasteiger partial charge is 0.323 e. The standard InChI is InChI=1S/C19H36O4/c1-5-9-10-11-12-13-14-15-16-19(6-2,17(20)22-7-3)18(21)23-8-4/h5-16H2,1-4H3. The molecule has 0 amide bonds. The average molecular weight is 328 g/mol. The van der Waals surface area contributed by atoms with Crippen LogP contribution in [0, 0.1) is 5.41 Å². The van der Waals surface area contributed by atoms with Crippen LogP contribution in [0.15, 0.2) is 0 Å².